The first-order chi connectivity index (χ1) is 8.08. The number of aliphatic carboxylic acids is 1. The molecule has 2 rings (SSSR count). The van der Waals surface area contributed by atoms with E-state index in [9.17, 15) is 9.59 Å². The number of aromatic nitrogens is 1. The number of nitrogens with zero attached hydrogens (tertiary/aromatic N) is 1. The van der Waals surface area contributed by atoms with Crippen LogP contribution in [0.2, 0.25) is 4.34 Å². The Hall–Kier alpha value is -1.11. The number of carboxylic acids is 1. The third-order valence-corrected chi connectivity index (χ3v) is 4.17. The molecule has 0 saturated carbocycles. The Labute approximate surface area is 110 Å². The summed E-state index contributed by atoms with van der Waals surface area (Å²) in [6, 6.07) is 3.58. The summed E-state index contributed by atoms with van der Waals surface area (Å²) in [6.45, 7) is 0.183. The molecule has 0 aliphatic rings. The number of carboxylic acid groups (broad SMARTS) is 1. The molecular weight excluding hydrogens is 282 g/mol. The van der Waals surface area contributed by atoms with E-state index in [1.54, 1.807) is 11.4 Å². The Morgan fingerprint density at radius 3 is 2.82 bits per heavy atom. The van der Waals surface area contributed by atoms with Crippen LogP contribution < -0.4 is 4.87 Å². The summed E-state index contributed by atoms with van der Waals surface area (Å²) in [6.07, 6.45) is -0.0667. The van der Waals surface area contributed by atoms with Crippen molar-refractivity contribution in [2.45, 2.75) is 13.0 Å². The van der Waals surface area contributed by atoms with E-state index in [-0.39, 0.29) is 17.8 Å². The third kappa shape index (κ3) is 2.77. The lowest BCUT2D eigenvalue weighted by Crippen LogP contribution is -2.16. The third-order valence-electron chi connectivity index (χ3n) is 2.16. The van der Waals surface area contributed by atoms with Crippen LogP contribution >= 0.6 is 34.3 Å². The average molecular weight is 290 g/mol. The average Bonchev–Trinajstić information content (AvgIpc) is 2.82. The highest BCUT2D eigenvalue weighted by molar-refractivity contribution is 7.19. The van der Waals surface area contributed by atoms with Gasteiger partial charge in [0.25, 0.3) is 0 Å². The number of rotatable bonds is 4. The van der Waals surface area contributed by atoms with Crippen LogP contribution in [0.5, 0.6) is 0 Å². The first-order valence-corrected chi connectivity index (χ1v) is 6.81. The predicted molar refractivity (Wildman–Crippen MR) is 69.2 cm³/mol. The molecule has 2 aromatic rings. The Balaban J connectivity index is 2.35. The molecular formula is C10H8ClNO3S2. The zero-order valence-electron chi connectivity index (χ0n) is 8.55. The van der Waals surface area contributed by atoms with Crippen molar-refractivity contribution in [2.24, 2.45) is 0 Å². The zero-order valence-corrected chi connectivity index (χ0v) is 10.9. The first kappa shape index (κ1) is 12.3. The molecule has 0 aliphatic heterocycles. The van der Waals surface area contributed by atoms with Crippen LogP contribution in [0.4, 0.5) is 0 Å². The van der Waals surface area contributed by atoms with Gasteiger partial charge in [0, 0.05) is 11.9 Å². The Kier molecular flexibility index (Phi) is 3.66. The second-order valence-corrected chi connectivity index (χ2v) is 5.82. The van der Waals surface area contributed by atoms with E-state index in [0.29, 0.717) is 4.34 Å². The fourth-order valence-corrected chi connectivity index (χ4v) is 3.32. The number of halogens is 1. The summed E-state index contributed by atoms with van der Waals surface area (Å²) < 4.78 is 2.12. The Morgan fingerprint density at radius 2 is 2.24 bits per heavy atom. The van der Waals surface area contributed by atoms with Crippen LogP contribution in [0.3, 0.4) is 0 Å². The van der Waals surface area contributed by atoms with Crippen LogP contribution in [-0.2, 0) is 11.3 Å². The van der Waals surface area contributed by atoms with Gasteiger partial charge in [-0.1, -0.05) is 22.9 Å². The zero-order chi connectivity index (χ0) is 12.4. The highest BCUT2D eigenvalue weighted by Crippen LogP contribution is 2.31. The minimum atomic E-state index is -0.918. The van der Waals surface area contributed by atoms with E-state index in [4.69, 9.17) is 16.7 Å². The molecule has 0 amide bonds. The molecule has 90 valence electrons. The topological polar surface area (TPSA) is 59.3 Å². The molecule has 0 saturated heterocycles. The normalized spacial score (nSPS) is 10.6. The monoisotopic (exact) mass is 289 g/mol. The van der Waals surface area contributed by atoms with Gasteiger partial charge in [0.05, 0.1) is 21.3 Å². The Bertz CT molecular complexity index is 599. The lowest BCUT2D eigenvalue weighted by molar-refractivity contribution is -0.137. The van der Waals surface area contributed by atoms with Crippen molar-refractivity contribution in [2.75, 3.05) is 0 Å². The summed E-state index contributed by atoms with van der Waals surface area (Å²) in [7, 11) is 0. The molecule has 0 spiro atoms. The van der Waals surface area contributed by atoms with Crippen molar-refractivity contribution < 1.29 is 9.90 Å². The van der Waals surface area contributed by atoms with E-state index in [0.717, 1.165) is 21.9 Å². The predicted octanol–water partition coefficient (Wildman–Crippen LogP) is 2.77. The fraction of sp³-hybridized carbons (Fsp3) is 0.200. The molecule has 7 heteroatoms. The molecule has 0 aliphatic carbocycles. The first-order valence-electron chi connectivity index (χ1n) is 4.74. The summed E-state index contributed by atoms with van der Waals surface area (Å²) in [5.74, 6) is -0.918. The fourth-order valence-electron chi connectivity index (χ4n) is 1.39. The molecule has 0 unspecified atom stereocenters. The van der Waals surface area contributed by atoms with Crippen LogP contribution in [0.1, 0.15) is 6.42 Å². The van der Waals surface area contributed by atoms with E-state index in [2.05, 4.69) is 0 Å². The summed E-state index contributed by atoms with van der Waals surface area (Å²) >= 11 is 8.27. The van der Waals surface area contributed by atoms with Crippen molar-refractivity contribution in [3.05, 3.63) is 31.5 Å². The molecule has 0 aromatic carbocycles. The maximum absolute atomic E-state index is 11.6. The molecule has 0 atom stereocenters. The number of hydrogen-bond acceptors (Lipinski definition) is 4. The van der Waals surface area contributed by atoms with E-state index < -0.39 is 5.97 Å². The van der Waals surface area contributed by atoms with Gasteiger partial charge in [0.2, 0.25) is 0 Å². The van der Waals surface area contributed by atoms with Gasteiger partial charge in [-0.2, -0.15) is 0 Å². The van der Waals surface area contributed by atoms with Gasteiger partial charge >= 0.3 is 10.8 Å². The molecule has 2 heterocycles. The minimum Gasteiger partial charge on any atom is -0.481 e. The summed E-state index contributed by atoms with van der Waals surface area (Å²) in [5.41, 5.74) is 0.734. The van der Waals surface area contributed by atoms with E-state index in [1.165, 1.54) is 15.9 Å². The number of thiazole rings is 1. The number of carbonyl (C=O) groups is 1. The second-order valence-electron chi connectivity index (χ2n) is 3.29. The van der Waals surface area contributed by atoms with Crippen molar-refractivity contribution in [1.82, 2.24) is 4.57 Å². The van der Waals surface area contributed by atoms with Gasteiger partial charge in [0.1, 0.15) is 0 Å². The largest absolute Gasteiger partial charge is 0.481 e. The molecule has 4 nitrogen and oxygen atoms in total. The van der Waals surface area contributed by atoms with E-state index >= 15 is 0 Å². The smallest absolute Gasteiger partial charge is 0.307 e. The lowest BCUT2D eigenvalue weighted by atomic mass is 10.3. The van der Waals surface area contributed by atoms with Crippen LogP contribution in [0.25, 0.3) is 10.6 Å². The quantitative estimate of drug-likeness (QED) is 0.941. The molecule has 0 bridgehead atoms. The van der Waals surface area contributed by atoms with Gasteiger partial charge in [0.15, 0.2) is 0 Å². The summed E-state index contributed by atoms with van der Waals surface area (Å²) in [5, 5.41) is 10.4. The van der Waals surface area contributed by atoms with Crippen molar-refractivity contribution in [3.63, 3.8) is 0 Å². The van der Waals surface area contributed by atoms with Crippen LogP contribution in [0.15, 0.2) is 22.3 Å². The highest BCUT2D eigenvalue weighted by atomic mass is 35.5. The summed E-state index contributed by atoms with van der Waals surface area (Å²) in [4.78, 5) is 22.8. The van der Waals surface area contributed by atoms with E-state index in [1.807, 2.05) is 6.07 Å². The Morgan fingerprint density at radius 1 is 1.47 bits per heavy atom. The molecule has 2 aromatic heterocycles. The standard InChI is InChI=1S/C10H8ClNO3S2/c11-8-2-1-7(17-8)6-5-16-10(15)12(6)4-3-9(13)14/h1-2,5H,3-4H2,(H,13,14). The van der Waals surface area contributed by atoms with Gasteiger partial charge < -0.3 is 5.11 Å². The van der Waals surface area contributed by atoms with Crippen molar-refractivity contribution >= 4 is 40.2 Å². The molecule has 0 fully saturated rings. The lowest BCUT2D eigenvalue weighted by Gasteiger charge is -2.03. The number of hydrogen-bond donors (Lipinski definition) is 1. The minimum absolute atomic E-state index is 0.0667. The maximum atomic E-state index is 11.6. The van der Waals surface area contributed by atoms with Gasteiger partial charge in [-0.05, 0) is 12.1 Å². The van der Waals surface area contributed by atoms with Crippen LogP contribution in [-0.4, -0.2) is 15.6 Å². The van der Waals surface area contributed by atoms with Crippen molar-refractivity contribution in [3.8, 4) is 10.6 Å². The molecule has 1 N–H and O–H groups in total. The SMILES string of the molecule is O=C(O)CCn1c(-c2ccc(Cl)s2)csc1=O. The second kappa shape index (κ2) is 5.03. The molecule has 0 radical (unpaired) electrons. The number of thiophene rings is 1. The maximum Gasteiger partial charge on any atom is 0.307 e. The van der Waals surface area contributed by atoms with Gasteiger partial charge in [-0.3, -0.25) is 14.2 Å². The highest BCUT2D eigenvalue weighted by Gasteiger charge is 2.11. The van der Waals surface area contributed by atoms with Gasteiger partial charge in [-0.25, -0.2) is 0 Å². The van der Waals surface area contributed by atoms with Crippen LogP contribution in [0, 0.1) is 0 Å². The van der Waals surface area contributed by atoms with Gasteiger partial charge in [-0.15, -0.1) is 11.3 Å². The molecule has 17 heavy (non-hydrogen) atoms. The van der Waals surface area contributed by atoms with Crippen molar-refractivity contribution in [1.29, 1.82) is 0 Å².